The van der Waals surface area contributed by atoms with Crippen LogP contribution in [0.3, 0.4) is 0 Å². The molecule has 1 unspecified atom stereocenters. The van der Waals surface area contributed by atoms with Crippen molar-refractivity contribution in [3.63, 3.8) is 0 Å². The highest BCUT2D eigenvalue weighted by molar-refractivity contribution is 7.99. The molecular formula is C8H17NOS. The minimum absolute atomic E-state index is 0.0622. The fourth-order valence-electron chi connectivity index (χ4n) is 0.888. The molecule has 0 radical (unpaired) electrons. The highest BCUT2D eigenvalue weighted by Gasteiger charge is 2.18. The zero-order valence-corrected chi connectivity index (χ0v) is 8.33. The van der Waals surface area contributed by atoms with Crippen LogP contribution in [0.5, 0.6) is 0 Å². The van der Waals surface area contributed by atoms with E-state index in [4.69, 9.17) is 4.84 Å². The van der Waals surface area contributed by atoms with Gasteiger partial charge in [-0.05, 0) is 32.9 Å². The Balaban J connectivity index is 2.11. The summed E-state index contributed by atoms with van der Waals surface area (Å²) in [4.78, 5) is 5.45. The molecule has 3 heteroatoms. The molecule has 1 heterocycles. The number of nitrogens with one attached hydrogen (secondary N) is 1. The summed E-state index contributed by atoms with van der Waals surface area (Å²) in [5.74, 6) is 2.46. The lowest BCUT2D eigenvalue weighted by Gasteiger charge is -2.22. The molecule has 1 aliphatic rings. The normalized spacial score (nSPS) is 25.9. The van der Waals surface area contributed by atoms with Gasteiger partial charge in [-0.15, -0.1) is 0 Å². The van der Waals surface area contributed by atoms with Gasteiger partial charge in [0.25, 0.3) is 0 Å². The largest absolute Gasteiger partial charge is 0.296 e. The predicted molar refractivity (Wildman–Crippen MR) is 49.7 cm³/mol. The number of thioether (sulfide) groups is 1. The molecule has 2 nitrogen and oxygen atoms in total. The van der Waals surface area contributed by atoms with Crippen LogP contribution in [0.2, 0.25) is 0 Å². The Bertz CT molecular complexity index is 116. The Morgan fingerprint density at radius 2 is 2.18 bits per heavy atom. The lowest BCUT2D eigenvalue weighted by molar-refractivity contribution is -0.0847. The molecule has 1 N–H and O–H groups in total. The highest BCUT2D eigenvalue weighted by Crippen LogP contribution is 2.17. The van der Waals surface area contributed by atoms with Gasteiger partial charge in [0.15, 0.2) is 0 Å². The molecule has 1 rings (SSSR count). The van der Waals surface area contributed by atoms with E-state index in [-0.39, 0.29) is 5.60 Å². The third-order valence-electron chi connectivity index (χ3n) is 1.46. The summed E-state index contributed by atoms with van der Waals surface area (Å²) in [6.07, 6.45) is 1.24. The smallest absolute Gasteiger partial charge is 0.0813 e. The van der Waals surface area contributed by atoms with E-state index in [1.54, 1.807) is 0 Å². The van der Waals surface area contributed by atoms with Crippen LogP contribution in [-0.4, -0.2) is 23.1 Å². The molecule has 0 aromatic heterocycles. The summed E-state index contributed by atoms with van der Waals surface area (Å²) < 4.78 is 0. The van der Waals surface area contributed by atoms with E-state index < -0.39 is 0 Å². The Morgan fingerprint density at radius 3 is 2.64 bits per heavy atom. The van der Waals surface area contributed by atoms with Gasteiger partial charge in [0.2, 0.25) is 0 Å². The second kappa shape index (κ2) is 3.78. The molecule has 0 aliphatic carbocycles. The molecule has 66 valence electrons. The minimum Gasteiger partial charge on any atom is -0.296 e. The van der Waals surface area contributed by atoms with Gasteiger partial charge in [-0.3, -0.25) is 4.84 Å². The highest BCUT2D eigenvalue weighted by atomic mass is 32.2. The fourth-order valence-corrected chi connectivity index (χ4v) is 2.02. The first-order valence-corrected chi connectivity index (χ1v) is 5.25. The van der Waals surface area contributed by atoms with Gasteiger partial charge in [0.1, 0.15) is 0 Å². The van der Waals surface area contributed by atoms with Crippen molar-refractivity contribution in [1.29, 1.82) is 0 Å². The lowest BCUT2D eigenvalue weighted by Crippen LogP contribution is -2.36. The van der Waals surface area contributed by atoms with Crippen LogP contribution in [0.1, 0.15) is 27.2 Å². The maximum Gasteiger partial charge on any atom is 0.0813 e. The summed E-state index contributed by atoms with van der Waals surface area (Å²) in [6.45, 7) is 6.17. The Hall–Kier alpha value is 0.270. The minimum atomic E-state index is -0.0622. The van der Waals surface area contributed by atoms with Gasteiger partial charge < -0.3 is 0 Å². The zero-order valence-electron chi connectivity index (χ0n) is 7.52. The van der Waals surface area contributed by atoms with Crippen molar-refractivity contribution in [2.75, 3.05) is 11.5 Å². The molecule has 0 saturated carbocycles. The Morgan fingerprint density at radius 1 is 1.45 bits per heavy atom. The van der Waals surface area contributed by atoms with Crippen LogP contribution in [-0.2, 0) is 4.84 Å². The van der Waals surface area contributed by atoms with Gasteiger partial charge >= 0.3 is 0 Å². The second-order valence-corrected chi connectivity index (χ2v) is 5.04. The summed E-state index contributed by atoms with van der Waals surface area (Å²) in [6, 6.07) is 0.569. The van der Waals surface area contributed by atoms with E-state index in [2.05, 4.69) is 26.3 Å². The van der Waals surface area contributed by atoms with Crippen molar-refractivity contribution in [2.24, 2.45) is 0 Å². The van der Waals surface area contributed by atoms with Crippen molar-refractivity contribution in [1.82, 2.24) is 5.48 Å². The molecule has 1 aliphatic heterocycles. The number of rotatable bonds is 2. The average Bonchev–Trinajstić information content (AvgIpc) is 2.32. The summed E-state index contributed by atoms with van der Waals surface area (Å²) in [5, 5.41) is 0. The van der Waals surface area contributed by atoms with E-state index in [0.717, 1.165) is 0 Å². The maximum atomic E-state index is 5.45. The van der Waals surface area contributed by atoms with Crippen molar-refractivity contribution in [3.8, 4) is 0 Å². The second-order valence-electron chi connectivity index (χ2n) is 3.89. The third kappa shape index (κ3) is 3.99. The molecule has 11 heavy (non-hydrogen) atoms. The first-order chi connectivity index (χ1) is 5.08. The SMILES string of the molecule is CC(C)(C)ONC1CCSC1. The molecule has 0 bridgehead atoms. The van der Waals surface area contributed by atoms with E-state index in [1.807, 2.05) is 11.8 Å². The van der Waals surface area contributed by atoms with Gasteiger partial charge in [0.05, 0.1) is 5.60 Å². The van der Waals surface area contributed by atoms with Crippen LogP contribution in [0.4, 0.5) is 0 Å². The van der Waals surface area contributed by atoms with Gasteiger partial charge in [-0.2, -0.15) is 17.2 Å². The van der Waals surface area contributed by atoms with Crippen LogP contribution < -0.4 is 5.48 Å². The van der Waals surface area contributed by atoms with Crippen LogP contribution in [0, 0.1) is 0 Å². The Kier molecular flexibility index (Phi) is 3.22. The fraction of sp³-hybridized carbons (Fsp3) is 1.00. The van der Waals surface area contributed by atoms with Crippen LogP contribution >= 0.6 is 11.8 Å². The molecule has 0 spiro atoms. The van der Waals surface area contributed by atoms with E-state index >= 15 is 0 Å². The van der Waals surface area contributed by atoms with Crippen molar-refractivity contribution in [3.05, 3.63) is 0 Å². The lowest BCUT2D eigenvalue weighted by atomic mass is 10.2. The molecule has 0 aromatic carbocycles. The molecule has 1 fully saturated rings. The molecule has 1 atom stereocenters. The van der Waals surface area contributed by atoms with Gasteiger partial charge in [-0.25, -0.2) is 0 Å². The molecule has 0 amide bonds. The van der Waals surface area contributed by atoms with E-state index in [1.165, 1.54) is 17.9 Å². The predicted octanol–water partition coefficient (Wildman–Crippen LogP) is 1.81. The molecule has 1 saturated heterocycles. The third-order valence-corrected chi connectivity index (χ3v) is 2.62. The topological polar surface area (TPSA) is 21.3 Å². The number of hydrogen-bond acceptors (Lipinski definition) is 3. The van der Waals surface area contributed by atoms with Crippen LogP contribution in [0.25, 0.3) is 0 Å². The monoisotopic (exact) mass is 175 g/mol. The van der Waals surface area contributed by atoms with E-state index in [9.17, 15) is 0 Å². The van der Waals surface area contributed by atoms with Crippen molar-refractivity contribution >= 4 is 11.8 Å². The summed E-state index contributed by atoms with van der Waals surface area (Å²) in [5.41, 5.74) is 3.04. The summed E-state index contributed by atoms with van der Waals surface area (Å²) in [7, 11) is 0. The van der Waals surface area contributed by atoms with Gasteiger partial charge in [-0.1, -0.05) is 0 Å². The first kappa shape index (κ1) is 9.36. The summed E-state index contributed by atoms with van der Waals surface area (Å²) >= 11 is 1.99. The number of hydroxylamine groups is 1. The quantitative estimate of drug-likeness (QED) is 0.647. The first-order valence-electron chi connectivity index (χ1n) is 4.09. The molecule has 0 aromatic rings. The van der Waals surface area contributed by atoms with E-state index in [0.29, 0.717) is 6.04 Å². The number of hydrogen-bond donors (Lipinski definition) is 1. The average molecular weight is 175 g/mol. The van der Waals surface area contributed by atoms with Crippen molar-refractivity contribution in [2.45, 2.75) is 38.8 Å². The van der Waals surface area contributed by atoms with Gasteiger partial charge in [0, 0.05) is 11.8 Å². The standard InChI is InChI=1S/C8H17NOS/c1-8(2,3)10-9-7-4-5-11-6-7/h7,9H,4-6H2,1-3H3. The zero-order chi connectivity index (χ0) is 8.32. The van der Waals surface area contributed by atoms with Crippen LogP contribution in [0.15, 0.2) is 0 Å². The Labute approximate surface area is 73.0 Å². The molecular weight excluding hydrogens is 158 g/mol. The maximum absolute atomic E-state index is 5.45. The van der Waals surface area contributed by atoms with Crippen molar-refractivity contribution < 1.29 is 4.84 Å².